The summed E-state index contributed by atoms with van der Waals surface area (Å²) in [5.41, 5.74) is 0.708. The molecule has 6 heteroatoms. The Morgan fingerprint density at radius 2 is 1.95 bits per heavy atom. The molecule has 0 aliphatic carbocycles. The molecule has 2 N–H and O–H groups in total. The Morgan fingerprint density at radius 3 is 2.50 bits per heavy atom. The van der Waals surface area contributed by atoms with Crippen LogP contribution in [-0.4, -0.2) is 37.0 Å². The van der Waals surface area contributed by atoms with Crippen LogP contribution in [0.1, 0.15) is 13.8 Å². The van der Waals surface area contributed by atoms with Crippen molar-refractivity contribution in [2.45, 2.75) is 13.8 Å². The van der Waals surface area contributed by atoms with Crippen molar-refractivity contribution in [1.29, 1.82) is 5.26 Å². The number of nitrogens with zero attached hydrogens (tertiary/aromatic N) is 2. The van der Waals surface area contributed by atoms with E-state index in [4.69, 9.17) is 5.26 Å². The molecular weight excluding hydrogens is 344 g/mol. The zero-order chi connectivity index (χ0) is 16.4. The highest BCUT2D eigenvalue weighted by Gasteiger charge is 2.09. The van der Waals surface area contributed by atoms with Crippen molar-refractivity contribution in [2.24, 2.45) is 0 Å². The van der Waals surface area contributed by atoms with E-state index in [1.54, 1.807) is 12.1 Å². The number of benzene rings is 1. The van der Waals surface area contributed by atoms with Crippen molar-refractivity contribution in [2.75, 3.05) is 31.5 Å². The van der Waals surface area contributed by atoms with Gasteiger partial charge in [-0.3, -0.25) is 4.79 Å². The van der Waals surface area contributed by atoms with Gasteiger partial charge in [0.25, 0.3) is 5.91 Å². The van der Waals surface area contributed by atoms with Crippen molar-refractivity contribution in [3.63, 3.8) is 0 Å². The highest BCUT2D eigenvalue weighted by molar-refractivity contribution is 9.10. The Kier molecular flexibility index (Phi) is 8.26. The zero-order valence-corrected chi connectivity index (χ0v) is 14.5. The molecule has 22 heavy (non-hydrogen) atoms. The van der Waals surface area contributed by atoms with Crippen LogP contribution in [0.4, 0.5) is 5.69 Å². The predicted octanol–water partition coefficient (Wildman–Crippen LogP) is 2.73. The maximum Gasteiger partial charge on any atom is 0.267 e. The largest absolute Gasteiger partial charge is 0.388 e. The van der Waals surface area contributed by atoms with Gasteiger partial charge < -0.3 is 15.5 Å². The van der Waals surface area contributed by atoms with Crippen LogP contribution >= 0.6 is 15.9 Å². The fourth-order valence-corrected chi connectivity index (χ4v) is 2.08. The summed E-state index contributed by atoms with van der Waals surface area (Å²) in [6.45, 7) is 7.74. The van der Waals surface area contributed by atoms with Crippen LogP contribution in [0.5, 0.6) is 0 Å². The molecule has 0 aliphatic heterocycles. The molecule has 0 aromatic heterocycles. The van der Waals surface area contributed by atoms with E-state index in [-0.39, 0.29) is 5.57 Å². The van der Waals surface area contributed by atoms with E-state index in [1.165, 1.54) is 6.20 Å². The number of hydrogen-bond acceptors (Lipinski definition) is 4. The molecule has 1 aromatic rings. The van der Waals surface area contributed by atoms with Crippen LogP contribution in [0, 0.1) is 11.3 Å². The Labute approximate surface area is 140 Å². The summed E-state index contributed by atoms with van der Waals surface area (Å²) in [4.78, 5) is 14.3. The maximum absolute atomic E-state index is 12.0. The molecule has 0 heterocycles. The molecule has 1 aromatic carbocycles. The predicted molar refractivity (Wildman–Crippen MR) is 92.3 cm³/mol. The first-order chi connectivity index (χ1) is 10.6. The Bertz CT molecular complexity index is 544. The van der Waals surface area contributed by atoms with Crippen molar-refractivity contribution in [1.82, 2.24) is 10.2 Å². The summed E-state index contributed by atoms with van der Waals surface area (Å²) in [6, 6.07) is 9.10. The number of nitrogens with one attached hydrogen (secondary N) is 2. The molecule has 0 aliphatic rings. The molecule has 0 atom stereocenters. The number of rotatable bonds is 8. The summed E-state index contributed by atoms with van der Waals surface area (Å²) < 4.78 is 0.930. The first-order valence-electron chi connectivity index (χ1n) is 7.23. The average Bonchev–Trinajstić information content (AvgIpc) is 2.53. The highest BCUT2D eigenvalue weighted by Crippen LogP contribution is 2.14. The minimum atomic E-state index is -0.417. The lowest BCUT2D eigenvalue weighted by atomic mass is 10.2. The van der Waals surface area contributed by atoms with Crippen LogP contribution in [0.2, 0.25) is 0 Å². The van der Waals surface area contributed by atoms with Gasteiger partial charge in [-0.15, -0.1) is 0 Å². The second-order valence-electron chi connectivity index (χ2n) is 4.61. The number of likely N-dealkylation sites (N-methyl/N-ethyl adjacent to an activating group) is 1. The third-order valence-corrected chi connectivity index (χ3v) is 3.71. The molecular formula is C16H21BrN4O. The third-order valence-electron chi connectivity index (χ3n) is 3.18. The van der Waals surface area contributed by atoms with Crippen LogP contribution < -0.4 is 10.6 Å². The van der Waals surface area contributed by atoms with E-state index in [0.717, 1.165) is 24.1 Å². The molecule has 118 valence electrons. The van der Waals surface area contributed by atoms with E-state index in [0.29, 0.717) is 12.2 Å². The van der Waals surface area contributed by atoms with E-state index in [9.17, 15) is 4.79 Å². The summed E-state index contributed by atoms with van der Waals surface area (Å²) >= 11 is 3.33. The number of carbonyl (C=O) groups excluding carboxylic acids is 1. The van der Waals surface area contributed by atoms with Crippen LogP contribution in [0.15, 0.2) is 40.5 Å². The first-order valence-corrected chi connectivity index (χ1v) is 8.02. The van der Waals surface area contributed by atoms with Gasteiger partial charge in [-0.1, -0.05) is 29.8 Å². The summed E-state index contributed by atoms with van der Waals surface area (Å²) in [5, 5.41) is 14.8. The molecule has 0 saturated carbocycles. The quantitative estimate of drug-likeness (QED) is 0.422. The van der Waals surface area contributed by atoms with Gasteiger partial charge in [0.1, 0.15) is 11.6 Å². The van der Waals surface area contributed by atoms with Crippen LogP contribution in [-0.2, 0) is 4.79 Å². The minimum Gasteiger partial charge on any atom is -0.388 e. The monoisotopic (exact) mass is 364 g/mol. The second-order valence-corrected chi connectivity index (χ2v) is 5.53. The number of halogens is 1. The normalized spacial score (nSPS) is 11.1. The Morgan fingerprint density at radius 1 is 1.32 bits per heavy atom. The van der Waals surface area contributed by atoms with E-state index >= 15 is 0 Å². The van der Waals surface area contributed by atoms with E-state index in [2.05, 4.69) is 45.3 Å². The molecule has 0 bridgehead atoms. The third kappa shape index (κ3) is 6.29. The van der Waals surface area contributed by atoms with Crippen molar-refractivity contribution in [3.05, 3.63) is 40.5 Å². The number of carbonyl (C=O) groups is 1. The number of hydrogen-bond donors (Lipinski definition) is 2. The zero-order valence-electron chi connectivity index (χ0n) is 12.9. The topological polar surface area (TPSA) is 68.2 Å². The van der Waals surface area contributed by atoms with Crippen LogP contribution in [0.3, 0.4) is 0 Å². The summed E-state index contributed by atoms with van der Waals surface area (Å²) in [7, 11) is 0. The minimum absolute atomic E-state index is 0.0578. The molecule has 0 radical (unpaired) electrons. The smallest absolute Gasteiger partial charge is 0.267 e. The van der Waals surface area contributed by atoms with Gasteiger partial charge >= 0.3 is 0 Å². The van der Waals surface area contributed by atoms with E-state index in [1.807, 2.05) is 18.2 Å². The van der Waals surface area contributed by atoms with Crippen LogP contribution in [0.25, 0.3) is 0 Å². The number of amides is 1. The van der Waals surface area contributed by atoms with Gasteiger partial charge in [-0.05, 0) is 37.4 Å². The van der Waals surface area contributed by atoms with Gasteiger partial charge in [0.05, 0.1) is 0 Å². The van der Waals surface area contributed by atoms with Gasteiger partial charge in [0.2, 0.25) is 0 Å². The van der Waals surface area contributed by atoms with Crippen molar-refractivity contribution < 1.29 is 4.79 Å². The maximum atomic E-state index is 12.0. The summed E-state index contributed by atoms with van der Waals surface area (Å²) in [6.07, 6.45) is 1.47. The second kappa shape index (κ2) is 9.98. The lowest BCUT2D eigenvalue weighted by Gasteiger charge is -2.17. The van der Waals surface area contributed by atoms with Gasteiger partial charge in [0, 0.05) is 29.4 Å². The number of nitriles is 1. The molecule has 1 amide bonds. The SMILES string of the molecule is CCN(CC)CCN/C=C(/C#N)C(=O)Nc1ccc(Br)cc1. The molecule has 5 nitrogen and oxygen atoms in total. The lowest BCUT2D eigenvalue weighted by molar-refractivity contribution is -0.112. The molecule has 0 spiro atoms. The van der Waals surface area contributed by atoms with Gasteiger partial charge in [-0.25, -0.2) is 0 Å². The van der Waals surface area contributed by atoms with E-state index < -0.39 is 5.91 Å². The molecule has 0 saturated heterocycles. The standard InChI is InChI=1S/C16H21BrN4O/c1-3-21(4-2)10-9-19-12-13(11-18)16(22)20-15-7-5-14(17)6-8-15/h5-8,12,19H,3-4,9-10H2,1-2H3,(H,20,22)/b13-12-. The van der Waals surface area contributed by atoms with Crippen molar-refractivity contribution >= 4 is 27.5 Å². The highest BCUT2D eigenvalue weighted by atomic mass is 79.9. The fourth-order valence-electron chi connectivity index (χ4n) is 1.82. The summed E-state index contributed by atoms with van der Waals surface area (Å²) in [5.74, 6) is -0.417. The first kappa shape index (κ1) is 18.2. The van der Waals surface area contributed by atoms with Gasteiger partial charge in [0.15, 0.2) is 0 Å². The average molecular weight is 365 g/mol. The lowest BCUT2D eigenvalue weighted by Crippen LogP contribution is -2.30. The molecule has 0 fully saturated rings. The fraction of sp³-hybridized carbons (Fsp3) is 0.375. The Hall–Kier alpha value is -1.84. The molecule has 0 unspecified atom stereocenters. The van der Waals surface area contributed by atoms with Crippen molar-refractivity contribution in [3.8, 4) is 6.07 Å². The Balaban J connectivity index is 2.52. The van der Waals surface area contributed by atoms with Gasteiger partial charge in [-0.2, -0.15) is 5.26 Å². The molecule has 1 rings (SSSR count). The number of anilines is 1.